The molecule has 1 heterocycles. The molecule has 1 aromatic carbocycles. The van der Waals surface area contributed by atoms with E-state index in [0.717, 1.165) is 18.3 Å². The lowest BCUT2D eigenvalue weighted by molar-refractivity contribution is 0.469. The molecule has 0 spiro atoms. The van der Waals surface area contributed by atoms with E-state index in [1.54, 1.807) is 0 Å². The van der Waals surface area contributed by atoms with Gasteiger partial charge in [-0.1, -0.05) is 0 Å². The van der Waals surface area contributed by atoms with Gasteiger partial charge in [-0.25, -0.2) is 9.18 Å². The smallest absolute Gasteiger partial charge is 0.325 e. The third kappa shape index (κ3) is 1.85. The summed E-state index contributed by atoms with van der Waals surface area (Å²) in [6.07, 6.45) is 1.16. The minimum absolute atomic E-state index is 0.0781. The van der Waals surface area contributed by atoms with Crippen molar-refractivity contribution in [3.8, 4) is 16.9 Å². The second kappa shape index (κ2) is 3.65. The monoisotopic (exact) mass is 222 g/mol. The highest BCUT2D eigenvalue weighted by Crippen LogP contribution is 2.21. The van der Waals surface area contributed by atoms with Crippen molar-refractivity contribution in [2.45, 2.75) is 0 Å². The number of aromatic hydroxyl groups is 1. The number of aromatic amines is 2. The Kier molecular flexibility index (Phi) is 2.32. The molecule has 82 valence electrons. The van der Waals surface area contributed by atoms with Gasteiger partial charge in [0, 0.05) is 12.3 Å². The van der Waals surface area contributed by atoms with E-state index < -0.39 is 17.1 Å². The summed E-state index contributed by atoms with van der Waals surface area (Å²) >= 11 is 0. The predicted octanol–water partition coefficient (Wildman–Crippen LogP) is 0.575. The molecule has 0 unspecified atom stereocenters. The number of phenols is 1. The molecule has 0 aliphatic rings. The highest BCUT2D eigenvalue weighted by molar-refractivity contribution is 5.63. The first-order valence-electron chi connectivity index (χ1n) is 4.38. The normalized spacial score (nSPS) is 10.3. The Labute approximate surface area is 88.2 Å². The van der Waals surface area contributed by atoms with E-state index >= 15 is 0 Å². The summed E-state index contributed by atoms with van der Waals surface area (Å²) in [5, 5.41) is 9.18. The van der Waals surface area contributed by atoms with Gasteiger partial charge < -0.3 is 10.1 Å². The summed E-state index contributed by atoms with van der Waals surface area (Å²) in [4.78, 5) is 26.4. The van der Waals surface area contributed by atoms with Gasteiger partial charge in [-0.3, -0.25) is 9.78 Å². The second-order valence-corrected chi connectivity index (χ2v) is 3.18. The Morgan fingerprint density at radius 2 is 1.94 bits per heavy atom. The molecule has 1 aromatic heterocycles. The van der Waals surface area contributed by atoms with E-state index in [9.17, 15) is 19.1 Å². The van der Waals surface area contributed by atoms with Crippen LogP contribution >= 0.6 is 0 Å². The van der Waals surface area contributed by atoms with Crippen LogP contribution in [-0.2, 0) is 0 Å². The van der Waals surface area contributed by atoms with Crippen LogP contribution in [0.1, 0.15) is 0 Å². The fourth-order valence-corrected chi connectivity index (χ4v) is 1.35. The van der Waals surface area contributed by atoms with Crippen molar-refractivity contribution in [2.24, 2.45) is 0 Å². The first kappa shape index (κ1) is 10.2. The molecular weight excluding hydrogens is 215 g/mol. The van der Waals surface area contributed by atoms with Crippen molar-refractivity contribution >= 4 is 0 Å². The number of halogens is 1. The molecule has 0 bridgehead atoms. The lowest BCUT2D eigenvalue weighted by Gasteiger charge is -2.01. The first-order valence-corrected chi connectivity index (χ1v) is 4.38. The molecule has 0 fully saturated rings. The van der Waals surface area contributed by atoms with E-state index in [0.29, 0.717) is 0 Å². The maximum atomic E-state index is 13.0. The van der Waals surface area contributed by atoms with E-state index in [4.69, 9.17) is 0 Å². The van der Waals surface area contributed by atoms with Crippen LogP contribution in [-0.4, -0.2) is 15.1 Å². The predicted molar refractivity (Wildman–Crippen MR) is 54.7 cm³/mol. The fraction of sp³-hybridized carbons (Fsp3) is 0. The van der Waals surface area contributed by atoms with Gasteiger partial charge in [-0.05, 0) is 17.7 Å². The van der Waals surface area contributed by atoms with Crippen molar-refractivity contribution in [3.05, 3.63) is 51.1 Å². The van der Waals surface area contributed by atoms with Crippen LogP contribution < -0.4 is 11.2 Å². The van der Waals surface area contributed by atoms with Gasteiger partial charge in [0.1, 0.15) is 11.6 Å². The van der Waals surface area contributed by atoms with Crippen LogP contribution in [0.2, 0.25) is 0 Å². The zero-order chi connectivity index (χ0) is 11.7. The Balaban J connectivity index is 2.67. The number of hydrogen-bond acceptors (Lipinski definition) is 3. The van der Waals surface area contributed by atoms with Gasteiger partial charge in [-0.15, -0.1) is 0 Å². The van der Waals surface area contributed by atoms with Gasteiger partial charge in [0.25, 0.3) is 5.56 Å². The zero-order valence-corrected chi connectivity index (χ0v) is 7.95. The van der Waals surface area contributed by atoms with Crippen LogP contribution in [0.25, 0.3) is 11.1 Å². The summed E-state index contributed by atoms with van der Waals surface area (Å²) in [7, 11) is 0. The molecule has 0 aliphatic heterocycles. The summed E-state index contributed by atoms with van der Waals surface area (Å²) in [5.41, 5.74) is -1.02. The average molecular weight is 222 g/mol. The SMILES string of the molecule is O=c1[nH]cc(-c2cc(O)cc(F)c2)c(=O)[nH]1. The van der Waals surface area contributed by atoms with Crippen molar-refractivity contribution in [1.29, 1.82) is 0 Å². The van der Waals surface area contributed by atoms with Crippen LogP contribution in [0, 0.1) is 5.82 Å². The molecule has 0 aliphatic carbocycles. The van der Waals surface area contributed by atoms with Crippen LogP contribution in [0.3, 0.4) is 0 Å². The molecular formula is C10H7FN2O3. The van der Waals surface area contributed by atoms with Gasteiger partial charge in [-0.2, -0.15) is 0 Å². The van der Waals surface area contributed by atoms with Crippen molar-refractivity contribution in [1.82, 2.24) is 9.97 Å². The van der Waals surface area contributed by atoms with Crippen LogP contribution in [0.5, 0.6) is 5.75 Å². The second-order valence-electron chi connectivity index (χ2n) is 3.18. The topological polar surface area (TPSA) is 85.9 Å². The number of rotatable bonds is 1. The molecule has 16 heavy (non-hydrogen) atoms. The molecule has 0 atom stereocenters. The summed E-state index contributed by atoms with van der Waals surface area (Å²) < 4.78 is 13.0. The van der Waals surface area contributed by atoms with E-state index in [1.807, 2.05) is 4.98 Å². The number of hydrogen-bond donors (Lipinski definition) is 3. The fourth-order valence-electron chi connectivity index (χ4n) is 1.35. The average Bonchev–Trinajstić information content (AvgIpc) is 2.15. The standard InChI is InChI=1S/C10H7FN2O3/c11-6-1-5(2-7(14)3-6)8-4-12-10(16)13-9(8)15/h1-4,14H,(H2,12,13,15,16). The van der Waals surface area contributed by atoms with Crippen molar-refractivity contribution in [2.75, 3.05) is 0 Å². The third-order valence-electron chi connectivity index (χ3n) is 2.01. The van der Waals surface area contributed by atoms with Gasteiger partial charge in [0.15, 0.2) is 0 Å². The highest BCUT2D eigenvalue weighted by Gasteiger charge is 2.06. The van der Waals surface area contributed by atoms with E-state index in [-0.39, 0.29) is 16.9 Å². The largest absolute Gasteiger partial charge is 0.508 e. The van der Waals surface area contributed by atoms with Crippen LogP contribution in [0.4, 0.5) is 4.39 Å². The molecule has 0 amide bonds. The summed E-state index contributed by atoms with van der Waals surface area (Å²) in [5.74, 6) is -0.957. The first-order chi connectivity index (χ1) is 7.56. The molecule has 0 saturated heterocycles. The van der Waals surface area contributed by atoms with Gasteiger partial charge >= 0.3 is 5.69 Å². The molecule has 3 N–H and O–H groups in total. The summed E-state index contributed by atoms with van der Waals surface area (Å²) in [6, 6.07) is 3.23. The lowest BCUT2D eigenvalue weighted by atomic mass is 10.1. The minimum Gasteiger partial charge on any atom is -0.508 e. The number of phenolic OH excluding ortho intramolecular Hbond substituents is 1. The lowest BCUT2D eigenvalue weighted by Crippen LogP contribution is -2.22. The van der Waals surface area contributed by atoms with E-state index in [2.05, 4.69) is 4.98 Å². The number of H-pyrrole nitrogens is 2. The van der Waals surface area contributed by atoms with Crippen LogP contribution in [0.15, 0.2) is 34.0 Å². The Morgan fingerprint density at radius 1 is 1.19 bits per heavy atom. The van der Waals surface area contributed by atoms with Gasteiger partial charge in [0.2, 0.25) is 0 Å². The highest BCUT2D eigenvalue weighted by atomic mass is 19.1. The van der Waals surface area contributed by atoms with Crippen molar-refractivity contribution in [3.63, 3.8) is 0 Å². The molecule has 2 rings (SSSR count). The maximum Gasteiger partial charge on any atom is 0.325 e. The number of aromatic nitrogens is 2. The molecule has 2 aromatic rings. The molecule has 0 radical (unpaired) electrons. The molecule has 5 nitrogen and oxygen atoms in total. The minimum atomic E-state index is -0.666. The summed E-state index contributed by atoms with van der Waals surface area (Å²) in [6.45, 7) is 0. The number of nitrogens with one attached hydrogen (secondary N) is 2. The molecule has 0 saturated carbocycles. The zero-order valence-electron chi connectivity index (χ0n) is 7.95. The Morgan fingerprint density at radius 3 is 2.56 bits per heavy atom. The Bertz CT molecular complexity index is 625. The molecule has 6 heteroatoms. The Hall–Kier alpha value is -2.37. The maximum absolute atomic E-state index is 13.0. The number of benzene rings is 1. The third-order valence-corrected chi connectivity index (χ3v) is 2.01. The van der Waals surface area contributed by atoms with E-state index in [1.165, 1.54) is 6.07 Å². The van der Waals surface area contributed by atoms with Gasteiger partial charge in [0.05, 0.1) is 5.56 Å². The quantitative estimate of drug-likeness (QED) is 0.659. The van der Waals surface area contributed by atoms with Crippen molar-refractivity contribution < 1.29 is 9.50 Å².